The zero-order valence-corrected chi connectivity index (χ0v) is 19.7. The molecule has 3 rings (SSSR count). The predicted molar refractivity (Wildman–Crippen MR) is 117 cm³/mol. The molecule has 2 aliphatic rings. The zero-order chi connectivity index (χ0) is 25.7. The topological polar surface area (TPSA) is 189 Å². The van der Waals surface area contributed by atoms with E-state index in [-0.39, 0.29) is 35.1 Å². The van der Waals surface area contributed by atoms with Crippen LogP contribution >= 0.6 is 11.8 Å². The van der Waals surface area contributed by atoms with Crippen molar-refractivity contribution in [3.63, 3.8) is 0 Å². The van der Waals surface area contributed by atoms with Crippen LogP contribution in [0.15, 0.2) is 39.2 Å². The Morgan fingerprint density at radius 3 is 2.69 bits per heavy atom. The fourth-order valence-electron chi connectivity index (χ4n) is 3.32. The standard InChI is InChI=1S/C20H22N4O10S/c1-9(25)33-10(2)34-19(28)15-11(7-32-20(21)29)8-35-18-14(17(27)24(15)18)22-16(26)13(23-30-3)12-5-4-6-31-12/h4-6,10,14,18H,7-8H2,1-3H3,(H2,21,29)(H,22,26)/b23-13-/t10-,14+,18-/m1/s1. The van der Waals surface area contributed by atoms with Crippen LogP contribution in [0, 0.1) is 0 Å². The van der Waals surface area contributed by atoms with Gasteiger partial charge in [0.05, 0.1) is 6.26 Å². The molecule has 188 valence electrons. The molecule has 1 saturated heterocycles. The lowest BCUT2D eigenvalue weighted by molar-refractivity contribution is -0.182. The number of fused-ring (bicyclic) bond motifs is 1. The van der Waals surface area contributed by atoms with Crippen molar-refractivity contribution in [2.24, 2.45) is 10.9 Å². The van der Waals surface area contributed by atoms with Gasteiger partial charge in [-0.15, -0.1) is 11.8 Å². The lowest BCUT2D eigenvalue weighted by Crippen LogP contribution is -2.71. The Bertz CT molecular complexity index is 1080. The van der Waals surface area contributed by atoms with Crippen molar-refractivity contribution in [1.82, 2.24) is 10.2 Å². The highest BCUT2D eigenvalue weighted by Crippen LogP contribution is 2.41. The van der Waals surface area contributed by atoms with Gasteiger partial charge in [-0.1, -0.05) is 5.16 Å². The van der Waals surface area contributed by atoms with Crippen LogP contribution in [-0.4, -0.2) is 77.6 Å². The zero-order valence-electron chi connectivity index (χ0n) is 18.8. The van der Waals surface area contributed by atoms with E-state index in [2.05, 4.69) is 10.5 Å². The summed E-state index contributed by atoms with van der Waals surface area (Å²) in [5.41, 5.74) is 4.89. The third-order valence-electron chi connectivity index (χ3n) is 4.67. The number of hydrogen-bond acceptors (Lipinski definition) is 12. The first-order valence-corrected chi connectivity index (χ1v) is 11.1. The van der Waals surface area contributed by atoms with Crippen LogP contribution in [0.4, 0.5) is 4.79 Å². The molecule has 3 atom stereocenters. The van der Waals surface area contributed by atoms with E-state index in [4.69, 9.17) is 29.2 Å². The molecule has 1 aromatic rings. The van der Waals surface area contributed by atoms with Gasteiger partial charge in [-0.05, 0) is 12.1 Å². The highest BCUT2D eigenvalue weighted by Gasteiger charge is 2.55. The van der Waals surface area contributed by atoms with E-state index >= 15 is 0 Å². The number of carbonyl (C=O) groups excluding carboxylic acids is 5. The molecule has 3 N–H and O–H groups in total. The summed E-state index contributed by atoms with van der Waals surface area (Å²) in [5.74, 6) is -2.75. The summed E-state index contributed by atoms with van der Waals surface area (Å²) < 4.78 is 19.9. The second-order valence-electron chi connectivity index (χ2n) is 7.10. The van der Waals surface area contributed by atoms with E-state index in [1.165, 1.54) is 38.1 Å². The maximum absolute atomic E-state index is 13.0. The molecule has 35 heavy (non-hydrogen) atoms. The van der Waals surface area contributed by atoms with E-state index in [0.717, 1.165) is 11.8 Å². The number of primary amides is 1. The minimum atomic E-state index is -1.24. The summed E-state index contributed by atoms with van der Waals surface area (Å²) in [5, 5.41) is 5.53. The predicted octanol–water partition coefficient (Wildman–Crippen LogP) is -0.168. The summed E-state index contributed by atoms with van der Waals surface area (Å²) in [4.78, 5) is 66.7. The van der Waals surface area contributed by atoms with Crippen LogP contribution in [0.25, 0.3) is 0 Å². The Kier molecular flexibility index (Phi) is 8.01. The SMILES string of the molecule is CO/N=C(\C(=O)N[C@H]1C(=O)N2C(C(=O)O[C@H](C)OC(C)=O)=C(COC(N)=O)CS[C@H]12)c1ccco1. The van der Waals surface area contributed by atoms with Crippen LogP contribution < -0.4 is 11.1 Å². The molecule has 0 radical (unpaired) electrons. The fourth-order valence-corrected chi connectivity index (χ4v) is 4.65. The van der Waals surface area contributed by atoms with E-state index in [1.807, 2.05) is 0 Å². The molecule has 0 unspecified atom stereocenters. The molecule has 0 aromatic carbocycles. The molecule has 15 heteroatoms. The number of nitrogens with two attached hydrogens (primary N) is 1. The maximum atomic E-state index is 13.0. The number of ether oxygens (including phenoxy) is 3. The second kappa shape index (κ2) is 10.9. The van der Waals surface area contributed by atoms with Gasteiger partial charge in [0.15, 0.2) is 5.76 Å². The summed E-state index contributed by atoms with van der Waals surface area (Å²) in [7, 11) is 1.25. The van der Waals surface area contributed by atoms with Gasteiger partial charge >= 0.3 is 18.0 Å². The van der Waals surface area contributed by atoms with Gasteiger partial charge in [-0.3, -0.25) is 19.3 Å². The summed E-state index contributed by atoms with van der Waals surface area (Å²) in [6.45, 7) is 2.09. The van der Waals surface area contributed by atoms with Crippen molar-refractivity contribution in [3.05, 3.63) is 35.4 Å². The highest BCUT2D eigenvalue weighted by molar-refractivity contribution is 8.00. The summed E-state index contributed by atoms with van der Waals surface area (Å²) in [6.07, 6.45) is -0.976. The van der Waals surface area contributed by atoms with E-state index in [0.29, 0.717) is 0 Å². The number of hydrogen-bond donors (Lipinski definition) is 2. The third-order valence-corrected chi connectivity index (χ3v) is 6.01. The van der Waals surface area contributed by atoms with Gasteiger partial charge < -0.3 is 34.5 Å². The molecule has 0 aliphatic carbocycles. The number of thioether (sulfide) groups is 1. The minimum Gasteiger partial charge on any atom is -0.462 e. The highest BCUT2D eigenvalue weighted by atomic mass is 32.2. The molecular weight excluding hydrogens is 488 g/mol. The number of carbonyl (C=O) groups is 5. The van der Waals surface area contributed by atoms with E-state index < -0.39 is 47.6 Å². The number of furan rings is 1. The van der Waals surface area contributed by atoms with Gasteiger partial charge in [0.25, 0.3) is 11.8 Å². The quantitative estimate of drug-likeness (QED) is 0.147. The smallest absolute Gasteiger partial charge is 0.404 e. The van der Waals surface area contributed by atoms with Crippen LogP contribution in [0.3, 0.4) is 0 Å². The molecule has 14 nitrogen and oxygen atoms in total. The molecule has 1 aromatic heterocycles. The van der Waals surface area contributed by atoms with Crippen molar-refractivity contribution >= 4 is 47.3 Å². The Morgan fingerprint density at radius 2 is 2.09 bits per heavy atom. The van der Waals surface area contributed by atoms with Crippen LogP contribution in [0.1, 0.15) is 19.6 Å². The molecule has 1 fully saturated rings. The second-order valence-corrected chi connectivity index (χ2v) is 8.21. The fraction of sp³-hybridized carbons (Fsp3) is 0.400. The van der Waals surface area contributed by atoms with Gasteiger partial charge in [-0.2, -0.15) is 0 Å². The molecule has 0 bridgehead atoms. The number of nitrogens with zero attached hydrogens (tertiary/aromatic N) is 2. The average Bonchev–Trinajstić information content (AvgIpc) is 3.32. The number of β-lactam (4-membered cyclic amide) rings is 1. The maximum Gasteiger partial charge on any atom is 0.404 e. The largest absolute Gasteiger partial charge is 0.462 e. The molecular formula is C20H22N4O10S. The minimum absolute atomic E-state index is 0.124. The van der Waals surface area contributed by atoms with Crippen molar-refractivity contribution < 1.29 is 47.4 Å². The Labute approximate surface area is 202 Å². The van der Waals surface area contributed by atoms with Crippen molar-refractivity contribution in [2.75, 3.05) is 19.5 Å². The molecule has 3 amide bonds. The van der Waals surface area contributed by atoms with Crippen molar-refractivity contribution in [1.29, 1.82) is 0 Å². The van der Waals surface area contributed by atoms with Gasteiger partial charge in [-0.25, -0.2) is 9.59 Å². The molecule has 3 heterocycles. The molecule has 0 saturated carbocycles. The van der Waals surface area contributed by atoms with Crippen LogP contribution in [-0.2, 0) is 38.2 Å². The van der Waals surface area contributed by atoms with Crippen molar-refractivity contribution in [3.8, 4) is 0 Å². The van der Waals surface area contributed by atoms with Gasteiger partial charge in [0, 0.05) is 25.2 Å². The number of nitrogens with one attached hydrogen (secondary N) is 1. The third kappa shape index (κ3) is 5.74. The van der Waals surface area contributed by atoms with Crippen molar-refractivity contribution in [2.45, 2.75) is 31.6 Å². The monoisotopic (exact) mass is 510 g/mol. The lowest BCUT2D eigenvalue weighted by Gasteiger charge is -2.49. The van der Waals surface area contributed by atoms with Crippen LogP contribution in [0.2, 0.25) is 0 Å². The van der Waals surface area contributed by atoms with E-state index in [1.54, 1.807) is 6.07 Å². The lowest BCUT2D eigenvalue weighted by atomic mass is 10.0. The summed E-state index contributed by atoms with van der Waals surface area (Å²) >= 11 is 1.21. The first kappa shape index (κ1) is 25.6. The summed E-state index contributed by atoms with van der Waals surface area (Å²) in [6, 6.07) is 2.03. The average molecular weight is 510 g/mol. The number of esters is 2. The van der Waals surface area contributed by atoms with E-state index in [9.17, 15) is 24.0 Å². The number of oxime groups is 1. The molecule has 0 spiro atoms. The first-order valence-electron chi connectivity index (χ1n) is 10.1. The number of amides is 3. The normalized spacial score (nSPS) is 20.3. The first-order chi connectivity index (χ1) is 16.6. The molecule has 2 aliphatic heterocycles. The number of rotatable bonds is 9. The Morgan fingerprint density at radius 1 is 1.34 bits per heavy atom. The van der Waals surface area contributed by atoms with Crippen LogP contribution in [0.5, 0.6) is 0 Å². The van der Waals surface area contributed by atoms with Gasteiger partial charge in [0.2, 0.25) is 12.0 Å². The Balaban J connectivity index is 1.80. The Hall–Kier alpha value is -4.01. The van der Waals surface area contributed by atoms with Gasteiger partial charge in [0.1, 0.15) is 30.8 Å².